The van der Waals surface area contributed by atoms with Crippen LogP contribution in [0.25, 0.3) is 0 Å². The van der Waals surface area contributed by atoms with Gasteiger partial charge in [0.25, 0.3) is 11.6 Å². The summed E-state index contributed by atoms with van der Waals surface area (Å²) in [4.78, 5) is 29.2. The van der Waals surface area contributed by atoms with E-state index in [1.54, 1.807) is 48.1 Å². The number of amides is 1. The molecule has 2 aromatic rings. The lowest BCUT2D eigenvalue weighted by Crippen LogP contribution is -2.30. The minimum Gasteiger partial charge on any atom is -0.322 e. The number of benzene rings is 1. The van der Waals surface area contributed by atoms with Crippen molar-refractivity contribution in [1.29, 1.82) is 0 Å². The van der Waals surface area contributed by atoms with Gasteiger partial charge in [-0.3, -0.25) is 19.9 Å². The minimum atomic E-state index is -0.453. The molecule has 6 nitrogen and oxygen atoms in total. The number of hydrogen-bond acceptors (Lipinski definition) is 5. The number of nitro groups is 1. The molecule has 1 fully saturated rings. The molecule has 23 heavy (non-hydrogen) atoms. The van der Waals surface area contributed by atoms with Crippen LogP contribution in [-0.4, -0.2) is 33.0 Å². The number of nitro benzene ring substituents is 1. The molecule has 7 heteroatoms. The number of carbonyl (C=O) groups is 1. The largest absolute Gasteiger partial charge is 0.322 e. The molecule has 1 aromatic heterocycles. The Bertz CT molecular complexity index is 751. The Kier molecular flexibility index (Phi) is 4.29. The van der Waals surface area contributed by atoms with Crippen LogP contribution in [0.15, 0.2) is 42.7 Å². The molecule has 0 bridgehead atoms. The van der Waals surface area contributed by atoms with Crippen LogP contribution in [0.5, 0.6) is 0 Å². The Morgan fingerprint density at radius 2 is 2.09 bits per heavy atom. The van der Waals surface area contributed by atoms with Gasteiger partial charge in [-0.05, 0) is 30.7 Å². The predicted molar refractivity (Wildman–Crippen MR) is 88.3 cm³/mol. The number of thioether (sulfide) groups is 1. The first-order chi connectivity index (χ1) is 11.1. The van der Waals surface area contributed by atoms with E-state index in [4.69, 9.17) is 0 Å². The lowest BCUT2D eigenvalue weighted by Gasteiger charge is -2.24. The van der Waals surface area contributed by atoms with Crippen LogP contribution >= 0.6 is 11.8 Å². The van der Waals surface area contributed by atoms with E-state index < -0.39 is 4.92 Å². The number of carbonyl (C=O) groups excluding carboxylic acids is 1. The Morgan fingerprint density at radius 1 is 1.35 bits per heavy atom. The zero-order chi connectivity index (χ0) is 16.4. The van der Waals surface area contributed by atoms with Gasteiger partial charge >= 0.3 is 0 Å². The van der Waals surface area contributed by atoms with Gasteiger partial charge in [0.2, 0.25) is 0 Å². The molecule has 3 rings (SSSR count). The fourth-order valence-electron chi connectivity index (χ4n) is 2.59. The second kappa shape index (κ2) is 6.37. The topological polar surface area (TPSA) is 76.3 Å². The van der Waals surface area contributed by atoms with Gasteiger partial charge in [-0.2, -0.15) is 0 Å². The number of aryl methyl sites for hydroxylation is 1. The fourth-order valence-corrected chi connectivity index (χ4v) is 3.84. The number of nitrogens with zero attached hydrogens (tertiary/aromatic N) is 3. The highest BCUT2D eigenvalue weighted by Crippen LogP contribution is 2.38. The number of pyridine rings is 1. The average Bonchev–Trinajstić information content (AvgIpc) is 3.04. The number of rotatable bonds is 3. The summed E-state index contributed by atoms with van der Waals surface area (Å²) in [6, 6.07) is 8.42. The summed E-state index contributed by atoms with van der Waals surface area (Å²) >= 11 is 1.68. The highest BCUT2D eigenvalue weighted by molar-refractivity contribution is 7.99. The standard InChI is InChI=1S/C16H15N3O3S/c1-11-2-3-13(10-14(11)19(21)22)15(20)18-8-9-23-16(18)12-4-6-17-7-5-12/h2-7,10,16H,8-9H2,1H3. The van der Waals surface area contributed by atoms with Crippen LogP contribution in [0.2, 0.25) is 0 Å². The molecule has 1 unspecified atom stereocenters. The summed E-state index contributed by atoms with van der Waals surface area (Å²) in [7, 11) is 0. The van der Waals surface area contributed by atoms with E-state index in [0.717, 1.165) is 11.3 Å². The zero-order valence-electron chi connectivity index (χ0n) is 12.5. The van der Waals surface area contributed by atoms with Crippen molar-refractivity contribution < 1.29 is 9.72 Å². The third kappa shape index (κ3) is 3.05. The highest BCUT2D eigenvalue weighted by atomic mass is 32.2. The second-order valence-electron chi connectivity index (χ2n) is 5.26. The Labute approximate surface area is 137 Å². The SMILES string of the molecule is Cc1ccc(C(=O)N2CCSC2c2ccncc2)cc1[N+](=O)[O-]. The van der Waals surface area contributed by atoms with Gasteiger partial charge in [-0.1, -0.05) is 6.07 Å². The first kappa shape index (κ1) is 15.5. The normalized spacial score (nSPS) is 17.3. The van der Waals surface area contributed by atoms with Crippen LogP contribution in [0.1, 0.15) is 26.9 Å². The van der Waals surface area contributed by atoms with Crippen LogP contribution in [0.4, 0.5) is 5.69 Å². The molecule has 2 heterocycles. The molecule has 1 amide bonds. The third-order valence-electron chi connectivity index (χ3n) is 3.80. The van der Waals surface area contributed by atoms with Gasteiger partial charge in [0.15, 0.2) is 0 Å². The Balaban J connectivity index is 1.91. The molecule has 0 spiro atoms. The summed E-state index contributed by atoms with van der Waals surface area (Å²) in [6.45, 7) is 2.29. The lowest BCUT2D eigenvalue weighted by atomic mass is 10.1. The molecule has 1 atom stereocenters. The van der Waals surface area contributed by atoms with E-state index in [2.05, 4.69) is 4.98 Å². The maximum Gasteiger partial charge on any atom is 0.273 e. The van der Waals surface area contributed by atoms with Gasteiger partial charge in [-0.25, -0.2) is 0 Å². The van der Waals surface area contributed by atoms with Crippen molar-refractivity contribution in [3.8, 4) is 0 Å². The van der Waals surface area contributed by atoms with E-state index in [1.165, 1.54) is 6.07 Å². The van der Waals surface area contributed by atoms with Crippen molar-refractivity contribution in [1.82, 2.24) is 9.88 Å². The van der Waals surface area contributed by atoms with Gasteiger partial charge in [0.1, 0.15) is 5.37 Å². The summed E-state index contributed by atoms with van der Waals surface area (Å²) in [6.07, 6.45) is 3.40. The summed E-state index contributed by atoms with van der Waals surface area (Å²) in [5, 5.41) is 11.0. The first-order valence-electron chi connectivity index (χ1n) is 7.15. The summed E-state index contributed by atoms with van der Waals surface area (Å²) in [5.41, 5.74) is 1.89. The lowest BCUT2D eigenvalue weighted by molar-refractivity contribution is -0.385. The maximum atomic E-state index is 12.8. The number of aromatic nitrogens is 1. The van der Waals surface area contributed by atoms with Gasteiger partial charge < -0.3 is 4.90 Å². The molecule has 1 aromatic carbocycles. The van der Waals surface area contributed by atoms with Gasteiger partial charge in [0, 0.05) is 41.9 Å². The number of hydrogen-bond donors (Lipinski definition) is 0. The Hall–Kier alpha value is -2.41. The van der Waals surface area contributed by atoms with Crippen LogP contribution in [0.3, 0.4) is 0 Å². The minimum absolute atomic E-state index is 0.0249. The third-order valence-corrected chi connectivity index (χ3v) is 5.06. The van der Waals surface area contributed by atoms with E-state index in [9.17, 15) is 14.9 Å². The molecule has 0 saturated carbocycles. The van der Waals surface area contributed by atoms with E-state index in [1.807, 2.05) is 12.1 Å². The maximum absolute atomic E-state index is 12.8. The van der Waals surface area contributed by atoms with Crippen molar-refractivity contribution in [3.63, 3.8) is 0 Å². The van der Waals surface area contributed by atoms with E-state index in [0.29, 0.717) is 17.7 Å². The van der Waals surface area contributed by atoms with Crippen molar-refractivity contribution >= 4 is 23.4 Å². The molecular weight excluding hydrogens is 314 g/mol. The van der Waals surface area contributed by atoms with Crippen molar-refractivity contribution in [2.24, 2.45) is 0 Å². The van der Waals surface area contributed by atoms with Crippen molar-refractivity contribution in [2.75, 3.05) is 12.3 Å². The molecule has 1 saturated heterocycles. The first-order valence-corrected chi connectivity index (χ1v) is 8.20. The molecule has 0 radical (unpaired) electrons. The summed E-state index contributed by atoms with van der Waals surface area (Å²) < 4.78 is 0. The van der Waals surface area contributed by atoms with Gasteiger partial charge in [0.05, 0.1) is 4.92 Å². The predicted octanol–water partition coefficient (Wildman–Crippen LogP) is 3.19. The molecule has 1 aliphatic rings. The molecule has 1 aliphatic heterocycles. The molecule has 0 N–H and O–H groups in total. The molecular formula is C16H15N3O3S. The summed E-state index contributed by atoms with van der Waals surface area (Å²) in [5.74, 6) is 0.659. The van der Waals surface area contributed by atoms with E-state index in [-0.39, 0.29) is 17.0 Å². The van der Waals surface area contributed by atoms with Gasteiger partial charge in [-0.15, -0.1) is 11.8 Å². The zero-order valence-corrected chi connectivity index (χ0v) is 13.3. The van der Waals surface area contributed by atoms with Crippen molar-refractivity contribution in [3.05, 3.63) is 69.5 Å². The quantitative estimate of drug-likeness (QED) is 0.638. The monoisotopic (exact) mass is 329 g/mol. The van der Waals surface area contributed by atoms with Crippen molar-refractivity contribution in [2.45, 2.75) is 12.3 Å². The highest BCUT2D eigenvalue weighted by Gasteiger charge is 2.31. The second-order valence-corrected chi connectivity index (χ2v) is 6.45. The van der Waals surface area contributed by atoms with Crippen LogP contribution in [-0.2, 0) is 0 Å². The molecule has 118 valence electrons. The van der Waals surface area contributed by atoms with Crippen LogP contribution < -0.4 is 0 Å². The fraction of sp³-hybridized carbons (Fsp3) is 0.250. The molecule has 0 aliphatic carbocycles. The van der Waals surface area contributed by atoms with E-state index >= 15 is 0 Å². The Morgan fingerprint density at radius 3 is 2.78 bits per heavy atom. The smallest absolute Gasteiger partial charge is 0.273 e. The average molecular weight is 329 g/mol. The van der Waals surface area contributed by atoms with Crippen LogP contribution in [0, 0.1) is 17.0 Å².